The standard InChI is InChI=1S/C24H27NO/c26-24(16-8-2-1-3-9-16)25-15-17-14-22-18-10-4-6-12-20(18)23(17)21-13-7-5-11-19(21)22/h4-7,10-13,16-17,22-23H,1-3,8-9,14-15H2,(H,25,26). The van der Waals surface area contributed by atoms with E-state index in [2.05, 4.69) is 53.8 Å². The van der Waals surface area contributed by atoms with Crippen molar-refractivity contribution < 1.29 is 4.79 Å². The largest absolute Gasteiger partial charge is 0.356 e. The Balaban J connectivity index is 1.39. The van der Waals surface area contributed by atoms with E-state index >= 15 is 0 Å². The molecule has 2 aromatic carbocycles. The summed E-state index contributed by atoms with van der Waals surface area (Å²) in [5, 5.41) is 3.33. The van der Waals surface area contributed by atoms with Crippen molar-refractivity contribution in [2.45, 2.75) is 50.4 Å². The third-order valence-corrected chi connectivity index (χ3v) is 6.94. The highest BCUT2D eigenvalue weighted by Gasteiger charge is 2.43. The van der Waals surface area contributed by atoms with Gasteiger partial charge >= 0.3 is 0 Å². The molecular formula is C24H27NO. The van der Waals surface area contributed by atoms with Crippen LogP contribution in [0.15, 0.2) is 48.5 Å². The van der Waals surface area contributed by atoms with Crippen LogP contribution in [0.4, 0.5) is 0 Å². The fourth-order valence-electron chi connectivity index (χ4n) is 5.70. The van der Waals surface area contributed by atoms with Crippen LogP contribution in [0.25, 0.3) is 0 Å². The van der Waals surface area contributed by atoms with E-state index in [1.165, 1.54) is 41.5 Å². The number of amides is 1. The molecule has 2 aromatic rings. The zero-order valence-electron chi connectivity index (χ0n) is 15.3. The van der Waals surface area contributed by atoms with Gasteiger partial charge in [0.2, 0.25) is 5.91 Å². The third-order valence-electron chi connectivity index (χ3n) is 6.94. The van der Waals surface area contributed by atoms with Crippen molar-refractivity contribution in [1.82, 2.24) is 5.32 Å². The van der Waals surface area contributed by atoms with Crippen molar-refractivity contribution >= 4 is 5.91 Å². The molecule has 0 heterocycles. The first-order chi connectivity index (χ1) is 12.8. The molecule has 2 heteroatoms. The highest BCUT2D eigenvalue weighted by Crippen LogP contribution is 2.55. The lowest BCUT2D eigenvalue weighted by Crippen LogP contribution is -2.41. The van der Waals surface area contributed by atoms with Crippen LogP contribution in [0.3, 0.4) is 0 Å². The Hall–Kier alpha value is -2.09. The molecule has 0 aliphatic heterocycles. The Bertz CT molecular complexity index is 773. The minimum atomic E-state index is 0.254. The summed E-state index contributed by atoms with van der Waals surface area (Å²) in [6, 6.07) is 17.9. The van der Waals surface area contributed by atoms with E-state index < -0.39 is 0 Å². The smallest absolute Gasteiger partial charge is 0.223 e. The van der Waals surface area contributed by atoms with Crippen LogP contribution in [0.1, 0.15) is 72.6 Å². The van der Waals surface area contributed by atoms with Crippen molar-refractivity contribution in [2.24, 2.45) is 11.8 Å². The van der Waals surface area contributed by atoms with Gasteiger partial charge in [-0.25, -0.2) is 0 Å². The molecule has 26 heavy (non-hydrogen) atoms. The maximum absolute atomic E-state index is 12.6. The number of hydrogen-bond acceptors (Lipinski definition) is 1. The Kier molecular flexibility index (Phi) is 4.07. The quantitative estimate of drug-likeness (QED) is 0.835. The molecule has 4 aliphatic rings. The van der Waals surface area contributed by atoms with Gasteiger partial charge in [0.05, 0.1) is 0 Å². The molecule has 1 N–H and O–H groups in total. The second-order valence-electron chi connectivity index (χ2n) is 8.36. The first-order valence-corrected chi connectivity index (χ1v) is 10.3. The van der Waals surface area contributed by atoms with Gasteiger partial charge in [-0.2, -0.15) is 0 Å². The van der Waals surface area contributed by atoms with Gasteiger partial charge in [-0.05, 0) is 47.4 Å². The number of nitrogens with one attached hydrogen (secondary N) is 1. The van der Waals surface area contributed by atoms with E-state index in [0.717, 1.165) is 25.8 Å². The van der Waals surface area contributed by atoms with Crippen LogP contribution < -0.4 is 5.32 Å². The first kappa shape index (κ1) is 16.1. The monoisotopic (exact) mass is 345 g/mol. The summed E-state index contributed by atoms with van der Waals surface area (Å²) in [5.74, 6) is 1.98. The van der Waals surface area contributed by atoms with Crippen LogP contribution in [-0.2, 0) is 4.79 Å². The van der Waals surface area contributed by atoms with Crippen molar-refractivity contribution in [3.63, 3.8) is 0 Å². The second kappa shape index (κ2) is 6.57. The number of carbonyl (C=O) groups excluding carboxylic acids is 1. The predicted octanol–water partition coefficient (Wildman–Crippen LogP) is 4.98. The van der Waals surface area contributed by atoms with E-state index in [1.807, 2.05) is 0 Å². The van der Waals surface area contributed by atoms with Gasteiger partial charge in [-0.1, -0.05) is 67.8 Å². The van der Waals surface area contributed by atoms with E-state index in [-0.39, 0.29) is 5.92 Å². The SMILES string of the molecule is O=C(NCC1CC2c3ccccc3C1c1ccccc12)C1CCCCC1. The molecule has 1 unspecified atom stereocenters. The van der Waals surface area contributed by atoms with Crippen LogP contribution in [0, 0.1) is 11.8 Å². The van der Waals surface area contributed by atoms with Gasteiger partial charge in [-0.15, -0.1) is 0 Å². The lowest BCUT2D eigenvalue weighted by atomic mass is 9.59. The molecule has 1 amide bonds. The molecule has 134 valence electrons. The van der Waals surface area contributed by atoms with Crippen LogP contribution in [0.5, 0.6) is 0 Å². The summed E-state index contributed by atoms with van der Waals surface area (Å²) < 4.78 is 0. The number of rotatable bonds is 3. The van der Waals surface area contributed by atoms with Crippen LogP contribution >= 0.6 is 0 Å². The Labute approximate surface area is 156 Å². The lowest BCUT2D eigenvalue weighted by molar-refractivity contribution is -0.126. The molecule has 1 atom stereocenters. The van der Waals surface area contributed by atoms with Crippen molar-refractivity contribution in [1.29, 1.82) is 0 Å². The maximum atomic E-state index is 12.6. The predicted molar refractivity (Wildman–Crippen MR) is 104 cm³/mol. The number of hydrogen-bond donors (Lipinski definition) is 1. The van der Waals surface area contributed by atoms with Gasteiger partial charge in [-0.3, -0.25) is 4.79 Å². The summed E-state index contributed by atoms with van der Waals surface area (Å²) in [5.41, 5.74) is 5.98. The van der Waals surface area contributed by atoms with E-state index in [9.17, 15) is 4.79 Å². The highest BCUT2D eigenvalue weighted by atomic mass is 16.1. The molecule has 6 rings (SSSR count). The van der Waals surface area contributed by atoms with Crippen molar-refractivity contribution in [2.75, 3.05) is 6.54 Å². The summed E-state index contributed by atoms with van der Waals surface area (Å²) in [7, 11) is 0. The average molecular weight is 345 g/mol. The molecule has 1 saturated carbocycles. The van der Waals surface area contributed by atoms with E-state index in [0.29, 0.717) is 23.7 Å². The molecule has 4 aliphatic carbocycles. The molecule has 2 bridgehead atoms. The average Bonchev–Trinajstić information content (AvgIpc) is 2.73. The number of benzene rings is 2. The van der Waals surface area contributed by atoms with Gasteiger partial charge in [0.1, 0.15) is 0 Å². The molecular weight excluding hydrogens is 318 g/mol. The minimum Gasteiger partial charge on any atom is -0.356 e. The fourth-order valence-corrected chi connectivity index (χ4v) is 5.70. The molecule has 2 nitrogen and oxygen atoms in total. The zero-order chi connectivity index (χ0) is 17.5. The Morgan fingerprint density at radius 2 is 1.42 bits per heavy atom. The van der Waals surface area contributed by atoms with Crippen LogP contribution in [-0.4, -0.2) is 12.5 Å². The highest BCUT2D eigenvalue weighted by molar-refractivity contribution is 5.78. The van der Waals surface area contributed by atoms with Crippen molar-refractivity contribution in [3.8, 4) is 0 Å². The molecule has 0 spiro atoms. The first-order valence-electron chi connectivity index (χ1n) is 10.3. The van der Waals surface area contributed by atoms with Gasteiger partial charge in [0.15, 0.2) is 0 Å². The summed E-state index contributed by atoms with van der Waals surface area (Å²) in [4.78, 5) is 12.6. The van der Waals surface area contributed by atoms with Gasteiger partial charge < -0.3 is 5.32 Å². The zero-order valence-corrected chi connectivity index (χ0v) is 15.3. The van der Waals surface area contributed by atoms with E-state index in [1.54, 1.807) is 0 Å². The Morgan fingerprint density at radius 3 is 2.04 bits per heavy atom. The van der Waals surface area contributed by atoms with Crippen molar-refractivity contribution in [3.05, 3.63) is 70.8 Å². The number of fused-ring (bicyclic) bond motifs is 1. The van der Waals surface area contributed by atoms with Gasteiger partial charge in [0.25, 0.3) is 0 Å². The topological polar surface area (TPSA) is 29.1 Å². The maximum Gasteiger partial charge on any atom is 0.223 e. The second-order valence-corrected chi connectivity index (χ2v) is 8.36. The summed E-state index contributed by atoms with van der Waals surface area (Å²) in [6.07, 6.45) is 7.04. The third kappa shape index (κ3) is 2.58. The van der Waals surface area contributed by atoms with Gasteiger partial charge in [0, 0.05) is 24.3 Å². The Morgan fingerprint density at radius 1 is 0.846 bits per heavy atom. The lowest BCUT2D eigenvalue weighted by Gasteiger charge is -2.45. The van der Waals surface area contributed by atoms with E-state index in [4.69, 9.17) is 0 Å². The fraction of sp³-hybridized carbons (Fsp3) is 0.458. The molecule has 1 fully saturated rings. The molecule has 0 aromatic heterocycles. The summed E-state index contributed by atoms with van der Waals surface area (Å²) in [6.45, 7) is 0.819. The minimum absolute atomic E-state index is 0.254. The summed E-state index contributed by atoms with van der Waals surface area (Å²) >= 11 is 0. The van der Waals surface area contributed by atoms with Crippen LogP contribution in [0.2, 0.25) is 0 Å². The normalized spacial score (nSPS) is 26.8. The number of carbonyl (C=O) groups is 1. The molecule has 0 radical (unpaired) electrons. The molecule has 0 saturated heterocycles.